The summed E-state index contributed by atoms with van der Waals surface area (Å²) in [6.07, 6.45) is -3.28. The molecule has 1 unspecified atom stereocenters. The number of piperidine rings is 1. The summed E-state index contributed by atoms with van der Waals surface area (Å²) in [6, 6.07) is 9.44. The molecule has 0 radical (unpaired) electrons. The number of aromatic nitrogens is 2. The number of rotatable bonds is 4. The van der Waals surface area contributed by atoms with Crippen LogP contribution in [0, 0.1) is 5.82 Å². The van der Waals surface area contributed by atoms with Crippen LogP contribution in [0.3, 0.4) is 0 Å². The van der Waals surface area contributed by atoms with Gasteiger partial charge in [-0.05, 0) is 49.2 Å². The number of benzene rings is 2. The highest BCUT2D eigenvalue weighted by molar-refractivity contribution is 7.13. The Bertz CT molecular complexity index is 1180. The Kier molecular flexibility index (Phi) is 6.77. The molecule has 178 valence electrons. The van der Waals surface area contributed by atoms with E-state index in [2.05, 4.69) is 20.8 Å². The molecule has 0 bridgehead atoms. The fourth-order valence-electron chi connectivity index (χ4n) is 3.61. The van der Waals surface area contributed by atoms with Crippen molar-refractivity contribution in [3.8, 4) is 0 Å². The lowest BCUT2D eigenvalue weighted by Crippen LogP contribution is -2.41. The van der Waals surface area contributed by atoms with Gasteiger partial charge in [0.1, 0.15) is 10.8 Å². The molecule has 1 aliphatic rings. The molecule has 1 aromatic heterocycles. The average molecular weight is 493 g/mol. The number of alkyl halides is 3. The van der Waals surface area contributed by atoms with E-state index in [-0.39, 0.29) is 23.2 Å². The van der Waals surface area contributed by atoms with Gasteiger partial charge in [-0.15, -0.1) is 10.2 Å². The van der Waals surface area contributed by atoms with Crippen LogP contribution in [0.15, 0.2) is 48.5 Å². The molecule has 1 aliphatic heterocycles. The van der Waals surface area contributed by atoms with Gasteiger partial charge in [0.2, 0.25) is 5.01 Å². The van der Waals surface area contributed by atoms with Crippen LogP contribution in [-0.2, 0) is 6.18 Å². The summed E-state index contributed by atoms with van der Waals surface area (Å²) in [7, 11) is 0. The number of nitrogens with zero attached hydrogens (tertiary/aromatic N) is 3. The van der Waals surface area contributed by atoms with Crippen molar-refractivity contribution in [1.29, 1.82) is 0 Å². The topological polar surface area (TPSA) is 87.2 Å². The minimum Gasteiger partial charge on any atom is -0.324 e. The smallest absolute Gasteiger partial charge is 0.324 e. The van der Waals surface area contributed by atoms with E-state index in [1.807, 2.05) is 0 Å². The van der Waals surface area contributed by atoms with Gasteiger partial charge in [-0.2, -0.15) is 13.2 Å². The minimum atomic E-state index is -4.59. The van der Waals surface area contributed by atoms with Gasteiger partial charge in [-0.3, -0.25) is 4.79 Å². The number of carbonyl (C=O) groups is 2. The van der Waals surface area contributed by atoms with Gasteiger partial charge in [0, 0.05) is 24.7 Å². The zero-order chi connectivity index (χ0) is 24.3. The van der Waals surface area contributed by atoms with Gasteiger partial charge >= 0.3 is 12.2 Å². The summed E-state index contributed by atoms with van der Waals surface area (Å²) in [5, 5.41) is 13.6. The van der Waals surface area contributed by atoms with Crippen molar-refractivity contribution in [3.05, 3.63) is 69.9 Å². The fourth-order valence-corrected chi connectivity index (χ4v) is 4.47. The molecule has 0 spiro atoms. The lowest BCUT2D eigenvalue weighted by molar-refractivity contribution is -0.136. The van der Waals surface area contributed by atoms with E-state index in [1.165, 1.54) is 47.4 Å². The van der Waals surface area contributed by atoms with Crippen molar-refractivity contribution in [2.24, 2.45) is 0 Å². The number of likely N-dealkylation sites (tertiary alicyclic amines) is 1. The molecule has 1 saturated heterocycles. The predicted molar refractivity (Wildman–Crippen MR) is 118 cm³/mol. The number of nitrogens with one attached hydrogen (secondary N) is 2. The second-order valence-corrected chi connectivity index (χ2v) is 8.67. The Labute approximate surface area is 195 Å². The number of hydrogen-bond donors (Lipinski definition) is 2. The number of hydrogen-bond acceptors (Lipinski definition) is 5. The highest BCUT2D eigenvalue weighted by atomic mass is 32.1. The lowest BCUT2D eigenvalue weighted by Gasteiger charge is -2.31. The van der Waals surface area contributed by atoms with Gasteiger partial charge in [0.15, 0.2) is 0 Å². The van der Waals surface area contributed by atoms with Crippen molar-refractivity contribution < 1.29 is 27.2 Å². The molecule has 34 heavy (non-hydrogen) atoms. The van der Waals surface area contributed by atoms with Crippen LogP contribution in [0.4, 0.5) is 33.7 Å². The molecule has 2 aromatic carbocycles. The zero-order valence-corrected chi connectivity index (χ0v) is 18.4. The summed E-state index contributed by atoms with van der Waals surface area (Å²) in [6.45, 7) is 0.613. The van der Waals surface area contributed by atoms with Crippen LogP contribution < -0.4 is 10.6 Å². The molecule has 1 fully saturated rings. The summed E-state index contributed by atoms with van der Waals surface area (Å²) in [4.78, 5) is 26.5. The summed E-state index contributed by atoms with van der Waals surface area (Å²) >= 11 is 1.08. The molecule has 4 rings (SSSR count). The second kappa shape index (κ2) is 9.75. The van der Waals surface area contributed by atoms with Crippen LogP contribution in [0.1, 0.15) is 39.1 Å². The molecule has 0 saturated carbocycles. The quantitative estimate of drug-likeness (QED) is 0.479. The van der Waals surface area contributed by atoms with Gasteiger partial charge in [-0.25, -0.2) is 9.18 Å². The average Bonchev–Trinajstić information content (AvgIpc) is 3.31. The van der Waals surface area contributed by atoms with E-state index in [0.717, 1.165) is 17.4 Å². The number of amides is 3. The Balaban J connectivity index is 1.41. The third kappa shape index (κ3) is 5.50. The maximum atomic E-state index is 13.2. The van der Waals surface area contributed by atoms with Crippen LogP contribution in [0.2, 0.25) is 0 Å². The minimum absolute atomic E-state index is 0.111. The normalized spacial score (nSPS) is 16.2. The third-order valence-corrected chi connectivity index (χ3v) is 6.35. The molecule has 12 heteroatoms. The number of para-hydroxylation sites is 1. The number of anilines is 2. The maximum Gasteiger partial charge on any atom is 0.418 e. The monoisotopic (exact) mass is 493 g/mol. The van der Waals surface area contributed by atoms with Crippen molar-refractivity contribution in [2.75, 3.05) is 23.7 Å². The Morgan fingerprint density at radius 3 is 2.50 bits per heavy atom. The highest BCUT2D eigenvalue weighted by Crippen LogP contribution is 2.35. The van der Waals surface area contributed by atoms with Crippen molar-refractivity contribution in [1.82, 2.24) is 15.1 Å². The van der Waals surface area contributed by atoms with Crippen LogP contribution >= 0.6 is 11.3 Å². The van der Waals surface area contributed by atoms with Gasteiger partial charge in [0.05, 0.1) is 11.3 Å². The second-order valence-electron chi connectivity index (χ2n) is 7.67. The van der Waals surface area contributed by atoms with Crippen molar-refractivity contribution >= 4 is 34.6 Å². The Morgan fingerprint density at radius 1 is 1.03 bits per heavy atom. The molecular formula is C22H19F4N5O2S. The highest BCUT2D eigenvalue weighted by Gasteiger charge is 2.34. The molecule has 1 atom stereocenters. The van der Waals surface area contributed by atoms with E-state index >= 15 is 0 Å². The van der Waals surface area contributed by atoms with Crippen LogP contribution in [0.5, 0.6) is 0 Å². The first-order chi connectivity index (χ1) is 16.2. The Morgan fingerprint density at radius 2 is 1.76 bits per heavy atom. The molecule has 2 heterocycles. The van der Waals surface area contributed by atoms with Crippen LogP contribution in [0.25, 0.3) is 0 Å². The number of urea groups is 1. The van der Waals surface area contributed by atoms with E-state index < -0.39 is 29.5 Å². The molecule has 3 amide bonds. The third-order valence-electron chi connectivity index (χ3n) is 5.27. The van der Waals surface area contributed by atoms with Crippen molar-refractivity contribution in [2.45, 2.75) is 24.9 Å². The van der Waals surface area contributed by atoms with Gasteiger partial charge in [-0.1, -0.05) is 23.5 Å². The zero-order valence-electron chi connectivity index (χ0n) is 17.6. The first-order valence-corrected chi connectivity index (χ1v) is 11.1. The number of halogens is 4. The maximum absolute atomic E-state index is 13.2. The molecule has 7 nitrogen and oxygen atoms in total. The summed E-state index contributed by atoms with van der Waals surface area (Å²) in [5.41, 5.74) is -0.821. The summed E-state index contributed by atoms with van der Waals surface area (Å²) < 4.78 is 52.7. The summed E-state index contributed by atoms with van der Waals surface area (Å²) in [5.74, 6) is -1.13. The first kappa shape index (κ1) is 23.6. The lowest BCUT2D eigenvalue weighted by atomic mass is 9.99. The van der Waals surface area contributed by atoms with Crippen molar-refractivity contribution in [3.63, 3.8) is 0 Å². The van der Waals surface area contributed by atoms with E-state index in [4.69, 9.17) is 0 Å². The largest absolute Gasteiger partial charge is 0.418 e. The molecular weight excluding hydrogens is 474 g/mol. The van der Waals surface area contributed by atoms with Crippen LogP contribution in [-0.4, -0.2) is 40.1 Å². The molecule has 2 N–H and O–H groups in total. The predicted octanol–water partition coefficient (Wildman–Crippen LogP) is 5.36. The van der Waals surface area contributed by atoms with Gasteiger partial charge in [0.25, 0.3) is 5.91 Å². The standard InChI is InChI=1S/C22H19F4N5O2S/c23-14-7-9-15(10-8-14)27-18(32)20-30-29-19(34-20)13-4-3-11-31(12-13)21(33)28-17-6-2-1-5-16(17)22(24,25)26/h1-2,5-10,13H,3-4,11-12H2,(H,27,32)(H,28,33). The van der Waals surface area contributed by atoms with E-state index in [9.17, 15) is 27.2 Å². The Hall–Kier alpha value is -3.54. The fraction of sp³-hybridized carbons (Fsp3) is 0.273. The SMILES string of the molecule is O=C(Nc1ccc(F)cc1)c1nnc(C2CCCN(C(=O)Nc3ccccc3C(F)(F)F)C2)s1. The van der Waals surface area contributed by atoms with Gasteiger partial charge < -0.3 is 15.5 Å². The molecule has 3 aromatic rings. The first-order valence-electron chi connectivity index (χ1n) is 10.3. The van der Waals surface area contributed by atoms with E-state index in [1.54, 1.807) is 0 Å². The number of carbonyl (C=O) groups excluding carboxylic acids is 2. The molecule has 0 aliphatic carbocycles. The van der Waals surface area contributed by atoms with E-state index in [0.29, 0.717) is 30.1 Å².